The highest BCUT2D eigenvalue weighted by Crippen LogP contribution is 2.27. The Morgan fingerprint density at radius 2 is 2.14 bits per heavy atom. The van der Waals surface area contributed by atoms with Crippen LogP contribution in [0.4, 0.5) is 0 Å². The maximum atomic E-state index is 12.8. The topological polar surface area (TPSA) is 70.8 Å². The zero-order valence-electron chi connectivity index (χ0n) is 12.1. The molecular formula is C16H19NO4. The van der Waals surface area contributed by atoms with Crippen molar-refractivity contribution in [3.63, 3.8) is 0 Å². The smallest absolute Gasteiger partial charge is 0.311 e. The van der Waals surface area contributed by atoms with Crippen molar-refractivity contribution >= 4 is 11.9 Å². The number of hydrogen-bond donors (Lipinski definition) is 1. The Hall–Kier alpha value is -2.22. The van der Waals surface area contributed by atoms with Crippen molar-refractivity contribution in [2.75, 3.05) is 6.54 Å². The van der Waals surface area contributed by atoms with Crippen LogP contribution in [0.2, 0.25) is 0 Å². The first-order valence-corrected chi connectivity index (χ1v) is 7.07. The van der Waals surface area contributed by atoms with Gasteiger partial charge in [-0.25, -0.2) is 0 Å². The van der Waals surface area contributed by atoms with Crippen LogP contribution in [-0.2, 0) is 11.2 Å². The van der Waals surface area contributed by atoms with Gasteiger partial charge >= 0.3 is 5.97 Å². The van der Waals surface area contributed by atoms with Gasteiger partial charge in [-0.05, 0) is 19.8 Å². The first-order chi connectivity index (χ1) is 10.0. The number of nitrogens with zero attached hydrogens (tertiary/aromatic N) is 1. The maximum absolute atomic E-state index is 12.8. The molecule has 0 bridgehead atoms. The molecule has 112 valence electrons. The summed E-state index contributed by atoms with van der Waals surface area (Å²) >= 11 is 0. The summed E-state index contributed by atoms with van der Waals surface area (Å²) in [5.41, 5.74) is 0.996. The predicted molar refractivity (Wildman–Crippen MR) is 76.9 cm³/mol. The van der Waals surface area contributed by atoms with Crippen LogP contribution in [0.15, 0.2) is 10.7 Å². The van der Waals surface area contributed by atoms with Crippen molar-refractivity contribution in [1.82, 2.24) is 4.90 Å². The van der Waals surface area contributed by atoms with E-state index in [1.165, 1.54) is 6.26 Å². The molecule has 1 saturated carbocycles. The van der Waals surface area contributed by atoms with Crippen LogP contribution in [0, 0.1) is 19.3 Å². The molecular weight excluding hydrogens is 270 g/mol. The first-order valence-electron chi connectivity index (χ1n) is 7.07. The van der Waals surface area contributed by atoms with E-state index in [2.05, 4.69) is 5.92 Å². The van der Waals surface area contributed by atoms with E-state index in [0.29, 0.717) is 11.1 Å². The van der Waals surface area contributed by atoms with Gasteiger partial charge in [-0.15, -0.1) is 6.42 Å². The molecule has 0 aromatic carbocycles. The number of furan rings is 1. The van der Waals surface area contributed by atoms with Gasteiger partial charge in [0, 0.05) is 11.6 Å². The Balaban J connectivity index is 2.30. The Morgan fingerprint density at radius 1 is 1.48 bits per heavy atom. The maximum Gasteiger partial charge on any atom is 0.311 e. The fourth-order valence-electron chi connectivity index (χ4n) is 2.88. The van der Waals surface area contributed by atoms with Crippen molar-refractivity contribution in [2.24, 2.45) is 0 Å². The third-order valence-electron chi connectivity index (χ3n) is 3.86. The molecule has 5 nitrogen and oxygen atoms in total. The summed E-state index contributed by atoms with van der Waals surface area (Å²) in [6, 6.07) is 0.139. The number of carboxylic acid groups (broad SMARTS) is 1. The Kier molecular flexibility index (Phi) is 4.69. The van der Waals surface area contributed by atoms with Crippen LogP contribution in [0.3, 0.4) is 0 Å². The van der Waals surface area contributed by atoms with E-state index in [0.717, 1.165) is 25.7 Å². The number of carbonyl (C=O) groups excluding carboxylic acids is 1. The van der Waals surface area contributed by atoms with Crippen LogP contribution < -0.4 is 0 Å². The molecule has 0 radical (unpaired) electrons. The van der Waals surface area contributed by atoms with Crippen molar-refractivity contribution in [3.8, 4) is 12.3 Å². The standard InChI is InChI=1S/C16H19NO4/c1-3-8-17(12-6-4-5-7-12)16(20)15-11(2)10-21-13(15)9-14(18)19/h1,10,12H,4-9H2,2H3,(H,18,19). The first kappa shape index (κ1) is 15.2. The molecule has 1 heterocycles. The summed E-state index contributed by atoms with van der Waals surface area (Å²) in [6.07, 6.45) is 10.6. The lowest BCUT2D eigenvalue weighted by molar-refractivity contribution is -0.136. The third-order valence-corrected chi connectivity index (χ3v) is 3.86. The molecule has 0 unspecified atom stereocenters. The highest BCUT2D eigenvalue weighted by atomic mass is 16.4. The molecule has 1 aromatic heterocycles. The van der Waals surface area contributed by atoms with Crippen LogP contribution in [0.1, 0.15) is 47.4 Å². The molecule has 1 N–H and O–H groups in total. The lowest BCUT2D eigenvalue weighted by Gasteiger charge is -2.27. The highest BCUT2D eigenvalue weighted by Gasteiger charge is 2.30. The predicted octanol–water partition coefficient (Wildman–Crippen LogP) is 2.23. The van der Waals surface area contributed by atoms with E-state index in [1.807, 2.05) is 0 Å². The second-order valence-corrected chi connectivity index (χ2v) is 5.36. The van der Waals surface area contributed by atoms with Crippen molar-refractivity contribution in [1.29, 1.82) is 0 Å². The molecule has 0 spiro atoms. The van der Waals surface area contributed by atoms with E-state index in [1.54, 1.807) is 11.8 Å². The summed E-state index contributed by atoms with van der Waals surface area (Å²) in [5.74, 6) is 1.48. The summed E-state index contributed by atoms with van der Waals surface area (Å²) in [5, 5.41) is 8.92. The van der Waals surface area contributed by atoms with E-state index in [4.69, 9.17) is 15.9 Å². The number of hydrogen-bond acceptors (Lipinski definition) is 3. The lowest BCUT2D eigenvalue weighted by Crippen LogP contribution is -2.39. The van der Waals surface area contributed by atoms with E-state index in [9.17, 15) is 9.59 Å². The molecule has 21 heavy (non-hydrogen) atoms. The Morgan fingerprint density at radius 3 is 2.71 bits per heavy atom. The Labute approximate surface area is 123 Å². The minimum Gasteiger partial charge on any atom is -0.481 e. The van der Waals surface area contributed by atoms with Gasteiger partial charge in [-0.1, -0.05) is 18.8 Å². The number of aliphatic carboxylic acids is 1. The zero-order valence-corrected chi connectivity index (χ0v) is 12.1. The summed E-state index contributed by atoms with van der Waals surface area (Å²) in [6.45, 7) is 1.98. The van der Waals surface area contributed by atoms with Crippen molar-refractivity contribution < 1.29 is 19.1 Å². The van der Waals surface area contributed by atoms with Crippen LogP contribution in [0.25, 0.3) is 0 Å². The van der Waals surface area contributed by atoms with Gasteiger partial charge in [0.2, 0.25) is 0 Å². The molecule has 1 amide bonds. The average Bonchev–Trinajstić information content (AvgIpc) is 3.05. The van der Waals surface area contributed by atoms with E-state index >= 15 is 0 Å². The van der Waals surface area contributed by atoms with Gasteiger partial charge in [0.1, 0.15) is 12.2 Å². The minimum atomic E-state index is -1.03. The average molecular weight is 289 g/mol. The molecule has 1 fully saturated rings. The van der Waals surface area contributed by atoms with Gasteiger partial charge in [0.05, 0.1) is 18.4 Å². The van der Waals surface area contributed by atoms with Crippen molar-refractivity contribution in [2.45, 2.75) is 45.1 Å². The van der Waals surface area contributed by atoms with E-state index < -0.39 is 5.97 Å². The van der Waals surface area contributed by atoms with Crippen LogP contribution >= 0.6 is 0 Å². The highest BCUT2D eigenvalue weighted by molar-refractivity contribution is 5.97. The second kappa shape index (κ2) is 6.49. The molecule has 2 rings (SSSR count). The summed E-state index contributed by atoms with van der Waals surface area (Å²) < 4.78 is 5.24. The number of terminal acetylenes is 1. The molecule has 5 heteroatoms. The van der Waals surface area contributed by atoms with Gasteiger partial charge in [-0.2, -0.15) is 0 Å². The molecule has 1 aliphatic rings. The zero-order chi connectivity index (χ0) is 15.4. The number of rotatable bonds is 5. The molecule has 0 aliphatic heterocycles. The lowest BCUT2D eigenvalue weighted by atomic mass is 10.1. The van der Waals surface area contributed by atoms with Gasteiger partial charge in [0.15, 0.2) is 0 Å². The van der Waals surface area contributed by atoms with E-state index in [-0.39, 0.29) is 30.7 Å². The number of carboxylic acids is 1. The summed E-state index contributed by atoms with van der Waals surface area (Å²) in [4.78, 5) is 25.3. The third kappa shape index (κ3) is 3.27. The van der Waals surface area contributed by atoms with Gasteiger partial charge in [0.25, 0.3) is 5.91 Å². The molecule has 0 atom stereocenters. The Bertz CT molecular complexity index is 576. The summed E-state index contributed by atoms with van der Waals surface area (Å²) in [7, 11) is 0. The minimum absolute atomic E-state index is 0.139. The molecule has 0 saturated heterocycles. The monoisotopic (exact) mass is 289 g/mol. The molecule has 1 aliphatic carbocycles. The number of amides is 1. The SMILES string of the molecule is C#CCN(C(=O)c1c(C)coc1CC(=O)O)C1CCCC1. The second-order valence-electron chi connectivity index (χ2n) is 5.36. The fraction of sp³-hybridized carbons (Fsp3) is 0.500. The number of aryl methyl sites for hydroxylation is 1. The van der Waals surface area contributed by atoms with Gasteiger partial charge < -0.3 is 14.4 Å². The fourth-order valence-corrected chi connectivity index (χ4v) is 2.88. The van der Waals surface area contributed by atoms with Gasteiger partial charge in [-0.3, -0.25) is 9.59 Å². The number of carbonyl (C=O) groups is 2. The molecule has 1 aromatic rings. The van der Waals surface area contributed by atoms with Crippen molar-refractivity contribution in [3.05, 3.63) is 23.2 Å². The largest absolute Gasteiger partial charge is 0.481 e. The van der Waals surface area contributed by atoms with Crippen LogP contribution in [0.5, 0.6) is 0 Å². The normalized spacial score (nSPS) is 14.9. The van der Waals surface area contributed by atoms with Crippen LogP contribution in [-0.4, -0.2) is 34.5 Å². The quantitative estimate of drug-likeness (QED) is 0.844.